The van der Waals surface area contributed by atoms with E-state index in [1.54, 1.807) is 7.11 Å². The molecule has 86 valence electrons. The molecule has 1 aromatic rings. The molecule has 1 aromatic carbocycles. The minimum Gasteiger partial charge on any atom is -0.497 e. The number of rotatable bonds is 5. The standard InChI is InChI=1S/C13H16O3/c1-4-13(14)16-10(2)9-11-5-7-12(15-3)8-6-11/h4-8,10H,1,9H2,2-3H3. The third-order valence-corrected chi connectivity index (χ3v) is 2.17. The van der Waals surface area contributed by atoms with Crippen molar-refractivity contribution in [3.63, 3.8) is 0 Å². The molecular weight excluding hydrogens is 204 g/mol. The second-order valence-corrected chi connectivity index (χ2v) is 3.50. The van der Waals surface area contributed by atoms with Crippen molar-refractivity contribution >= 4 is 5.97 Å². The molecule has 0 fully saturated rings. The van der Waals surface area contributed by atoms with Crippen LogP contribution in [0.4, 0.5) is 0 Å². The summed E-state index contributed by atoms with van der Waals surface area (Å²) in [7, 11) is 1.63. The first-order valence-corrected chi connectivity index (χ1v) is 5.11. The lowest BCUT2D eigenvalue weighted by Gasteiger charge is -2.12. The number of benzene rings is 1. The van der Waals surface area contributed by atoms with E-state index >= 15 is 0 Å². The zero-order valence-corrected chi connectivity index (χ0v) is 9.60. The van der Waals surface area contributed by atoms with Crippen LogP contribution >= 0.6 is 0 Å². The molecule has 0 bridgehead atoms. The lowest BCUT2D eigenvalue weighted by Crippen LogP contribution is -2.15. The summed E-state index contributed by atoms with van der Waals surface area (Å²) in [5, 5.41) is 0. The fourth-order valence-electron chi connectivity index (χ4n) is 1.38. The molecule has 0 heterocycles. The van der Waals surface area contributed by atoms with Crippen molar-refractivity contribution in [1.82, 2.24) is 0 Å². The SMILES string of the molecule is C=CC(=O)OC(C)Cc1ccc(OC)cc1. The van der Waals surface area contributed by atoms with Crippen molar-refractivity contribution in [2.75, 3.05) is 7.11 Å². The molecule has 16 heavy (non-hydrogen) atoms. The number of ether oxygens (including phenoxy) is 2. The van der Waals surface area contributed by atoms with Gasteiger partial charge in [0.25, 0.3) is 0 Å². The molecule has 0 saturated carbocycles. The Labute approximate surface area is 95.7 Å². The maximum atomic E-state index is 11.0. The largest absolute Gasteiger partial charge is 0.497 e. The molecule has 0 aliphatic rings. The van der Waals surface area contributed by atoms with E-state index in [0.29, 0.717) is 6.42 Å². The maximum absolute atomic E-state index is 11.0. The molecule has 0 N–H and O–H groups in total. The van der Waals surface area contributed by atoms with Gasteiger partial charge in [0.1, 0.15) is 11.9 Å². The van der Waals surface area contributed by atoms with Crippen molar-refractivity contribution < 1.29 is 14.3 Å². The van der Waals surface area contributed by atoms with E-state index in [2.05, 4.69) is 6.58 Å². The first kappa shape index (κ1) is 12.3. The average molecular weight is 220 g/mol. The lowest BCUT2D eigenvalue weighted by molar-refractivity contribution is -0.142. The van der Waals surface area contributed by atoms with Gasteiger partial charge in [-0.3, -0.25) is 0 Å². The van der Waals surface area contributed by atoms with E-state index in [-0.39, 0.29) is 12.1 Å². The van der Waals surface area contributed by atoms with E-state index < -0.39 is 0 Å². The highest BCUT2D eigenvalue weighted by molar-refractivity contribution is 5.81. The van der Waals surface area contributed by atoms with Crippen molar-refractivity contribution in [1.29, 1.82) is 0 Å². The Bertz CT molecular complexity index is 354. The summed E-state index contributed by atoms with van der Waals surface area (Å²) in [5.74, 6) is 0.431. The molecule has 1 rings (SSSR count). The van der Waals surface area contributed by atoms with Crippen LogP contribution in [0.5, 0.6) is 5.75 Å². The number of methoxy groups -OCH3 is 1. The number of carbonyl (C=O) groups excluding carboxylic acids is 1. The zero-order valence-electron chi connectivity index (χ0n) is 9.60. The van der Waals surface area contributed by atoms with Crippen LogP contribution in [0.2, 0.25) is 0 Å². The predicted octanol–water partition coefficient (Wildman–Crippen LogP) is 2.36. The summed E-state index contributed by atoms with van der Waals surface area (Å²) in [5.41, 5.74) is 1.10. The fraction of sp³-hybridized carbons (Fsp3) is 0.308. The van der Waals surface area contributed by atoms with Crippen molar-refractivity contribution in [3.05, 3.63) is 42.5 Å². The molecule has 1 atom stereocenters. The molecule has 0 aliphatic heterocycles. The van der Waals surface area contributed by atoms with Gasteiger partial charge in [0.15, 0.2) is 0 Å². The Balaban J connectivity index is 2.52. The Hall–Kier alpha value is -1.77. The van der Waals surface area contributed by atoms with Gasteiger partial charge < -0.3 is 9.47 Å². The highest BCUT2D eigenvalue weighted by Crippen LogP contribution is 2.13. The third kappa shape index (κ3) is 3.77. The molecule has 0 aromatic heterocycles. The molecule has 3 nitrogen and oxygen atoms in total. The van der Waals surface area contributed by atoms with Crippen LogP contribution in [0, 0.1) is 0 Å². The molecule has 3 heteroatoms. The van der Waals surface area contributed by atoms with Crippen molar-refractivity contribution in [2.45, 2.75) is 19.4 Å². The van der Waals surface area contributed by atoms with Crippen LogP contribution in [0.25, 0.3) is 0 Å². The zero-order chi connectivity index (χ0) is 12.0. The summed E-state index contributed by atoms with van der Waals surface area (Å²) >= 11 is 0. The lowest BCUT2D eigenvalue weighted by atomic mass is 10.1. The summed E-state index contributed by atoms with van der Waals surface area (Å²) in [4.78, 5) is 11.0. The van der Waals surface area contributed by atoms with Crippen LogP contribution in [0.15, 0.2) is 36.9 Å². The summed E-state index contributed by atoms with van der Waals surface area (Å²) in [6.45, 7) is 5.21. The Morgan fingerprint density at radius 2 is 2.06 bits per heavy atom. The second-order valence-electron chi connectivity index (χ2n) is 3.50. The van der Waals surface area contributed by atoms with Gasteiger partial charge in [-0.25, -0.2) is 4.79 Å². The van der Waals surface area contributed by atoms with E-state index in [1.165, 1.54) is 6.08 Å². The van der Waals surface area contributed by atoms with Crippen LogP contribution in [-0.4, -0.2) is 19.2 Å². The van der Waals surface area contributed by atoms with Crippen molar-refractivity contribution in [2.24, 2.45) is 0 Å². The Kier molecular flexibility index (Phi) is 4.58. The van der Waals surface area contributed by atoms with Crippen LogP contribution in [0.3, 0.4) is 0 Å². The van der Waals surface area contributed by atoms with Gasteiger partial charge in [-0.15, -0.1) is 0 Å². The monoisotopic (exact) mass is 220 g/mol. The van der Waals surface area contributed by atoms with Crippen LogP contribution < -0.4 is 4.74 Å². The van der Waals surface area contributed by atoms with E-state index in [0.717, 1.165) is 11.3 Å². The number of esters is 1. The van der Waals surface area contributed by atoms with E-state index in [1.807, 2.05) is 31.2 Å². The highest BCUT2D eigenvalue weighted by atomic mass is 16.5. The van der Waals surface area contributed by atoms with Gasteiger partial charge in [-0.2, -0.15) is 0 Å². The number of hydrogen-bond donors (Lipinski definition) is 0. The second kappa shape index (κ2) is 5.95. The quantitative estimate of drug-likeness (QED) is 0.564. The summed E-state index contributed by atoms with van der Waals surface area (Å²) < 4.78 is 10.1. The number of hydrogen-bond acceptors (Lipinski definition) is 3. The predicted molar refractivity (Wildman–Crippen MR) is 62.4 cm³/mol. The Morgan fingerprint density at radius 3 is 2.56 bits per heavy atom. The van der Waals surface area contributed by atoms with Gasteiger partial charge in [0.2, 0.25) is 0 Å². The van der Waals surface area contributed by atoms with Gasteiger partial charge in [-0.1, -0.05) is 18.7 Å². The smallest absolute Gasteiger partial charge is 0.330 e. The van der Waals surface area contributed by atoms with Gasteiger partial charge in [0, 0.05) is 12.5 Å². The van der Waals surface area contributed by atoms with E-state index in [4.69, 9.17) is 9.47 Å². The van der Waals surface area contributed by atoms with Crippen LogP contribution in [-0.2, 0) is 16.0 Å². The summed E-state index contributed by atoms with van der Waals surface area (Å²) in [6.07, 6.45) is 1.70. The molecule has 0 saturated heterocycles. The van der Waals surface area contributed by atoms with Crippen LogP contribution in [0.1, 0.15) is 12.5 Å². The molecule has 0 amide bonds. The van der Waals surface area contributed by atoms with Gasteiger partial charge in [-0.05, 0) is 24.6 Å². The summed E-state index contributed by atoms with van der Waals surface area (Å²) in [6, 6.07) is 7.68. The third-order valence-electron chi connectivity index (χ3n) is 2.17. The minimum absolute atomic E-state index is 0.154. The van der Waals surface area contributed by atoms with Gasteiger partial charge >= 0.3 is 5.97 Å². The normalized spacial score (nSPS) is 11.6. The first-order chi connectivity index (χ1) is 7.65. The van der Waals surface area contributed by atoms with Gasteiger partial charge in [0.05, 0.1) is 7.11 Å². The maximum Gasteiger partial charge on any atom is 0.330 e. The average Bonchev–Trinajstić information content (AvgIpc) is 2.29. The first-order valence-electron chi connectivity index (χ1n) is 5.11. The fourth-order valence-corrected chi connectivity index (χ4v) is 1.38. The highest BCUT2D eigenvalue weighted by Gasteiger charge is 2.07. The topological polar surface area (TPSA) is 35.5 Å². The molecule has 0 aliphatic carbocycles. The molecule has 0 radical (unpaired) electrons. The Morgan fingerprint density at radius 1 is 1.44 bits per heavy atom. The number of carbonyl (C=O) groups is 1. The van der Waals surface area contributed by atoms with E-state index in [9.17, 15) is 4.79 Å². The van der Waals surface area contributed by atoms with Crippen molar-refractivity contribution in [3.8, 4) is 5.75 Å². The molecular formula is C13H16O3. The molecule has 1 unspecified atom stereocenters. The molecule has 0 spiro atoms. The minimum atomic E-state index is -0.388.